The molecule has 2 amide bonds. The molecular weight excluding hydrogens is 368 g/mol. The van der Waals surface area contributed by atoms with Crippen molar-refractivity contribution in [3.05, 3.63) is 23.8 Å². The van der Waals surface area contributed by atoms with Gasteiger partial charge in [0, 0.05) is 30.8 Å². The van der Waals surface area contributed by atoms with Gasteiger partial charge < -0.3 is 20.4 Å². The van der Waals surface area contributed by atoms with Crippen molar-refractivity contribution in [3.63, 3.8) is 0 Å². The second kappa shape index (κ2) is 6.92. The third-order valence-corrected chi connectivity index (χ3v) is 7.77. The van der Waals surface area contributed by atoms with Crippen molar-refractivity contribution in [3.8, 4) is 11.5 Å². The van der Waals surface area contributed by atoms with Crippen LogP contribution in [0.5, 0.6) is 11.5 Å². The SMILES string of the molecule is O=C(NC1CCN(C(=O)C23CC4CC(CC(C4)C2)C3)CC1)c1cc(O)cc(O)c1. The van der Waals surface area contributed by atoms with Crippen LogP contribution in [0.4, 0.5) is 0 Å². The van der Waals surface area contributed by atoms with Crippen LogP contribution in [0.3, 0.4) is 0 Å². The number of rotatable bonds is 3. The van der Waals surface area contributed by atoms with E-state index < -0.39 is 0 Å². The van der Waals surface area contributed by atoms with Crippen LogP contribution < -0.4 is 5.32 Å². The molecule has 6 rings (SSSR count). The fraction of sp³-hybridized carbons (Fsp3) is 0.652. The second-order valence-electron chi connectivity index (χ2n) is 9.98. The predicted molar refractivity (Wildman–Crippen MR) is 107 cm³/mol. The molecule has 0 unspecified atom stereocenters. The van der Waals surface area contributed by atoms with Crippen LogP contribution in [-0.4, -0.2) is 46.1 Å². The van der Waals surface area contributed by atoms with Gasteiger partial charge in [0.15, 0.2) is 0 Å². The molecule has 156 valence electrons. The van der Waals surface area contributed by atoms with Gasteiger partial charge in [-0.1, -0.05) is 0 Å². The first-order chi connectivity index (χ1) is 13.9. The number of piperidine rings is 1. The summed E-state index contributed by atoms with van der Waals surface area (Å²) < 4.78 is 0. The fourth-order valence-corrected chi connectivity index (χ4v) is 6.93. The Morgan fingerprint density at radius 2 is 1.41 bits per heavy atom. The minimum absolute atomic E-state index is 0.00686. The molecule has 0 radical (unpaired) electrons. The van der Waals surface area contributed by atoms with Gasteiger partial charge in [0.1, 0.15) is 11.5 Å². The van der Waals surface area contributed by atoms with E-state index in [0.717, 1.165) is 49.9 Å². The van der Waals surface area contributed by atoms with E-state index in [0.29, 0.717) is 19.0 Å². The average Bonchev–Trinajstić information content (AvgIpc) is 2.66. The quantitative estimate of drug-likeness (QED) is 0.730. The highest BCUT2D eigenvalue weighted by atomic mass is 16.3. The Balaban J connectivity index is 1.19. The first kappa shape index (κ1) is 18.8. The number of nitrogens with zero attached hydrogens (tertiary/aromatic N) is 1. The highest BCUT2D eigenvalue weighted by Gasteiger charge is 2.55. The van der Waals surface area contributed by atoms with Crippen LogP contribution in [-0.2, 0) is 4.79 Å². The highest BCUT2D eigenvalue weighted by Crippen LogP contribution is 2.60. The standard InChI is InChI=1S/C23H30N2O4/c26-19-8-17(9-20(27)10-19)21(28)24-18-1-3-25(4-2-18)22(29)23-11-14-5-15(12-23)7-16(6-14)13-23/h8-10,14-16,18,26-27H,1-7,11-13H2,(H,24,28). The normalized spacial score (nSPS) is 33.7. The van der Waals surface area contributed by atoms with Crippen LogP contribution in [0, 0.1) is 23.2 Å². The fourth-order valence-electron chi connectivity index (χ4n) is 6.93. The summed E-state index contributed by atoms with van der Waals surface area (Å²) in [6.07, 6.45) is 8.78. The lowest BCUT2D eigenvalue weighted by Crippen LogP contribution is -2.56. The van der Waals surface area contributed by atoms with E-state index in [4.69, 9.17) is 0 Å². The zero-order valence-electron chi connectivity index (χ0n) is 16.8. The smallest absolute Gasteiger partial charge is 0.251 e. The molecule has 5 aliphatic rings. The predicted octanol–water partition coefficient (Wildman–Crippen LogP) is 3.04. The van der Waals surface area contributed by atoms with Gasteiger partial charge in [0.2, 0.25) is 5.91 Å². The summed E-state index contributed by atoms with van der Waals surface area (Å²) in [5, 5.41) is 22.1. The third-order valence-electron chi connectivity index (χ3n) is 7.77. The molecule has 6 heteroatoms. The number of carbonyl (C=O) groups excluding carboxylic acids is 2. The molecule has 0 atom stereocenters. The molecule has 1 aliphatic heterocycles. The number of aromatic hydroxyl groups is 2. The summed E-state index contributed by atoms with van der Waals surface area (Å²) in [5.74, 6) is 2.10. The van der Waals surface area contributed by atoms with E-state index in [1.807, 2.05) is 0 Å². The van der Waals surface area contributed by atoms with Crippen molar-refractivity contribution in [1.82, 2.24) is 10.2 Å². The molecule has 4 aliphatic carbocycles. The van der Waals surface area contributed by atoms with Crippen molar-refractivity contribution in [1.29, 1.82) is 0 Å². The molecule has 4 bridgehead atoms. The Kier molecular flexibility index (Phi) is 4.48. The molecular formula is C23H30N2O4. The lowest BCUT2D eigenvalue weighted by atomic mass is 9.49. The first-order valence-corrected chi connectivity index (χ1v) is 11.0. The van der Waals surface area contributed by atoms with E-state index in [9.17, 15) is 19.8 Å². The number of hydrogen-bond donors (Lipinski definition) is 3. The van der Waals surface area contributed by atoms with Crippen LogP contribution in [0.15, 0.2) is 18.2 Å². The summed E-state index contributed by atoms with van der Waals surface area (Å²) in [6, 6.07) is 3.90. The third kappa shape index (κ3) is 3.47. The number of phenolic OH excluding ortho intramolecular Hbond substituents is 2. The van der Waals surface area contributed by atoms with E-state index in [2.05, 4.69) is 10.2 Å². The summed E-state index contributed by atoms with van der Waals surface area (Å²) >= 11 is 0. The van der Waals surface area contributed by atoms with Crippen LogP contribution >= 0.6 is 0 Å². The molecule has 5 fully saturated rings. The van der Waals surface area contributed by atoms with E-state index in [-0.39, 0.29) is 34.4 Å². The molecule has 29 heavy (non-hydrogen) atoms. The number of benzene rings is 1. The van der Waals surface area contributed by atoms with Gasteiger partial charge in [-0.05, 0) is 81.3 Å². The molecule has 1 heterocycles. The highest BCUT2D eigenvalue weighted by molar-refractivity contribution is 5.95. The maximum atomic E-state index is 13.5. The molecule has 0 spiro atoms. The zero-order valence-corrected chi connectivity index (χ0v) is 16.8. The van der Waals surface area contributed by atoms with E-state index in [1.165, 1.54) is 37.5 Å². The van der Waals surface area contributed by atoms with E-state index in [1.54, 1.807) is 0 Å². The van der Waals surface area contributed by atoms with Crippen molar-refractivity contribution < 1.29 is 19.8 Å². The van der Waals surface area contributed by atoms with Gasteiger partial charge in [0.05, 0.1) is 5.41 Å². The average molecular weight is 399 g/mol. The van der Waals surface area contributed by atoms with E-state index >= 15 is 0 Å². The number of likely N-dealkylation sites (tertiary alicyclic amines) is 1. The molecule has 1 aromatic rings. The van der Waals surface area contributed by atoms with Crippen molar-refractivity contribution in [2.24, 2.45) is 23.2 Å². The number of nitrogens with one attached hydrogen (secondary N) is 1. The molecule has 0 aromatic heterocycles. The Morgan fingerprint density at radius 3 is 1.93 bits per heavy atom. The second-order valence-corrected chi connectivity index (χ2v) is 9.98. The Hall–Kier alpha value is -2.24. The molecule has 3 N–H and O–H groups in total. The van der Waals surface area contributed by atoms with Crippen molar-refractivity contribution in [2.75, 3.05) is 13.1 Å². The van der Waals surface area contributed by atoms with Gasteiger partial charge >= 0.3 is 0 Å². The summed E-state index contributed by atoms with van der Waals surface area (Å²) in [4.78, 5) is 28.0. The van der Waals surface area contributed by atoms with Crippen LogP contribution in [0.1, 0.15) is 61.7 Å². The van der Waals surface area contributed by atoms with Crippen LogP contribution in [0.2, 0.25) is 0 Å². The Morgan fingerprint density at radius 1 is 0.897 bits per heavy atom. The number of phenols is 2. The maximum absolute atomic E-state index is 13.5. The lowest BCUT2D eigenvalue weighted by molar-refractivity contribution is -0.158. The van der Waals surface area contributed by atoms with Crippen molar-refractivity contribution in [2.45, 2.75) is 57.4 Å². The van der Waals surface area contributed by atoms with Crippen LogP contribution in [0.25, 0.3) is 0 Å². The Labute approximate surface area is 171 Å². The molecule has 1 saturated heterocycles. The topological polar surface area (TPSA) is 89.9 Å². The van der Waals surface area contributed by atoms with Gasteiger partial charge in [-0.2, -0.15) is 0 Å². The summed E-state index contributed by atoms with van der Waals surface area (Å²) in [6.45, 7) is 1.38. The minimum Gasteiger partial charge on any atom is -0.508 e. The van der Waals surface area contributed by atoms with Gasteiger partial charge in [-0.25, -0.2) is 0 Å². The van der Waals surface area contributed by atoms with Gasteiger partial charge in [0.25, 0.3) is 5.91 Å². The number of hydrogen-bond acceptors (Lipinski definition) is 4. The monoisotopic (exact) mass is 398 g/mol. The van der Waals surface area contributed by atoms with Crippen molar-refractivity contribution >= 4 is 11.8 Å². The lowest BCUT2D eigenvalue weighted by Gasteiger charge is -2.57. The minimum atomic E-state index is -0.304. The number of carbonyl (C=O) groups is 2. The largest absolute Gasteiger partial charge is 0.508 e. The summed E-state index contributed by atoms with van der Waals surface area (Å²) in [5.41, 5.74) is 0.152. The molecule has 6 nitrogen and oxygen atoms in total. The summed E-state index contributed by atoms with van der Waals surface area (Å²) in [7, 11) is 0. The maximum Gasteiger partial charge on any atom is 0.251 e. The molecule has 1 aromatic carbocycles. The van der Waals surface area contributed by atoms with Gasteiger partial charge in [-0.3, -0.25) is 9.59 Å². The molecule has 4 saturated carbocycles. The van der Waals surface area contributed by atoms with Gasteiger partial charge in [-0.15, -0.1) is 0 Å². The first-order valence-electron chi connectivity index (χ1n) is 11.0. The number of amides is 2. The Bertz CT molecular complexity index is 773. The zero-order chi connectivity index (χ0) is 20.2.